The van der Waals surface area contributed by atoms with Gasteiger partial charge < -0.3 is 4.90 Å². The van der Waals surface area contributed by atoms with Crippen LogP contribution < -0.4 is 4.90 Å². The van der Waals surface area contributed by atoms with Crippen molar-refractivity contribution in [3.05, 3.63) is 29.8 Å². The van der Waals surface area contributed by atoms with Crippen molar-refractivity contribution in [2.24, 2.45) is 0 Å². The van der Waals surface area contributed by atoms with Crippen LogP contribution in [0, 0.1) is 0 Å². The fraction of sp³-hybridized carbons (Fsp3) is 0.500. The Hall–Kier alpha value is -1.31. The quantitative estimate of drug-likeness (QED) is 0.651. The van der Waals surface area contributed by atoms with E-state index in [4.69, 9.17) is 0 Å². The number of amides is 1. The van der Waals surface area contributed by atoms with Crippen molar-refractivity contribution >= 4 is 11.6 Å². The molecule has 1 aromatic rings. The highest BCUT2D eigenvalue weighted by Gasteiger charge is 2.40. The number of hydrogen-bond donors (Lipinski definition) is 0. The summed E-state index contributed by atoms with van der Waals surface area (Å²) >= 11 is 0. The third kappa shape index (κ3) is 1.29. The van der Waals surface area contributed by atoms with E-state index in [9.17, 15) is 4.79 Å². The highest BCUT2D eigenvalue weighted by Crippen LogP contribution is 2.47. The first-order valence-corrected chi connectivity index (χ1v) is 6.18. The summed E-state index contributed by atoms with van der Waals surface area (Å²) in [4.78, 5) is 13.8. The topological polar surface area (TPSA) is 20.3 Å². The van der Waals surface area contributed by atoms with Crippen molar-refractivity contribution in [2.75, 3.05) is 4.90 Å². The fourth-order valence-corrected chi connectivity index (χ4v) is 3.39. The third-order valence-electron chi connectivity index (χ3n) is 4.00. The predicted octanol–water partition coefficient (Wildman–Crippen LogP) is 3.08. The van der Waals surface area contributed by atoms with Crippen molar-refractivity contribution in [2.45, 2.75) is 44.6 Å². The van der Waals surface area contributed by atoms with Crippen LogP contribution in [0.15, 0.2) is 24.3 Å². The Balaban J connectivity index is 2.09. The Morgan fingerprint density at radius 1 is 1.25 bits per heavy atom. The summed E-state index contributed by atoms with van der Waals surface area (Å²) in [5.41, 5.74) is 2.55. The maximum absolute atomic E-state index is 11.8. The van der Waals surface area contributed by atoms with Gasteiger partial charge in [0.1, 0.15) is 0 Å². The molecule has 0 radical (unpaired) electrons. The molecule has 2 nitrogen and oxygen atoms in total. The smallest absolute Gasteiger partial charge is 0.224 e. The number of nitrogens with zero attached hydrogens (tertiary/aromatic N) is 1. The van der Waals surface area contributed by atoms with E-state index >= 15 is 0 Å². The highest BCUT2D eigenvalue weighted by atomic mass is 16.2. The van der Waals surface area contributed by atoms with Gasteiger partial charge in [-0.1, -0.05) is 31.0 Å². The number of anilines is 1. The van der Waals surface area contributed by atoms with Gasteiger partial charge in [-0.2, -0.15) is 0 Å². The third-order valence-corrected chi connectivity index (χ3v) is 4.00. The molecule has 1 aromatic carbocycles. The lowest BCUT2D eigenvalue weighted by Gasteiger charge is -2.31. The Morgan fingerprint density at radius 3 is 2.81 bits per heavy atom. The molecule has 1 aliphatic heterocycles. The van der Waals surface area contributed by atoms with Crippen LogP contribution in [-0.2, 0) is 4.79 Å². The van der Waals surface area contributed by atoms with Gasteiger partial charge in [-0.05, 0) is 24.5 Å². The monoisotopic (exact) mass is 215 g/mol. The lowest BCUT2D eigenvalue weighted by atomic mass is 9.82. The molecule has 0 spiro atoms. The Kier molecular flexibility index (Phi) is 2.23. The van der Waals surface area contributed by atoms with Gasteiger partial charge >= 0.3 is 0 Å². The molecule has 1 heterocycles. The number of para-hydroxylation sites is 1. The molecule has 16 heavy (non-hydrogen) atoms. The van der Waals surface area contributed by atoms with Crippen LogP contribution in [0.2, 0.25) is 0 Å². The molecule has 1 saturated carbocycles. The van der Waals surface area contributed by atoms with Crippen molar-refractivity contribution in [1.29, 1.82) is 0 Å². The molecule has 2 heteroatoms. The van der Waals surface area contributed by atoms with E-state index in [0.29, 0.717) is 12.0 Å². The summed E-state index contributed by atoms with van der Waals surface area (Å²) in [6.07, 6.45) is 4.98. The van der Waals surface area contributed by atoms with Crippen molar-refractivity contribution < 1.29 is 4.79 Å². The molecule has 84 valence electrons. The van der Waals surface area contributed by atoms with Gasteiger partial charge in [0.25, 0.3) is 0 Å². The second kappa shape index (κ2) is 3.62. The molecule has 0 aromatic heterocycles. The molecular formula is C14H17NO. The van der Waals surface area contributed by atoms with E-state index in [0.717, 1.165) is 5.69 Å². The fourth-order valence-electron chi connectivity index (χ4n) is 3.39. The van der Waals surface area contributed by atoms with E-state index in [1.165, 1.54) is 31.2 Å². The van der Waals surface area contributed by atoms with Gasteiger partial charge in [0, 0.05) is 24.6 Å². The lowest BCUT2D eigenvalue weighted by Crippen LogP contribution is -2.39. The largest absolute Gasteiger partial charge is 0.309 e. The van der Waals surface area contributed by atoms with Crippen molar-refractivity contribution in [3.63, 3.8) is 0 Å². The summed E-state index contributed by atoms with van der Waals surface area (Å²) in [7, 11) is 0. The maximum Gasteiger partial charge on any atom is 0.224 e. The van der Waals surface area contributed by atoms with Crippen LogP contribution in [0.5, 0.6) is 0 Å². The first-order valence-electron chi connectivity index (χ1n) is 6.18. The van der Waals surface area contributed by atoms with Gasteiger partial charge in [0.15, 0.2) is 0 Å². The van der Waals surface area contributed by atoms with Gasteiger partial charge in [-0.25, -0.2) is 0 Å². The van der Waals surface area contributed by atoms with E-state index in [1.807, 2.05) is 11.0 Å². The summed E-state index contributed by atoms with van der Waals surface area (Å²) in [5, 5.41) is 0. The molecule has 3 rings (SSSR count). The number of rotatable bonds is 0. The Morgan fingerprint density at radius 2 is 2.00 bits per heavy atom. The maximum atomic E-state index is 11.8. The van der Waals surface area contributed by atoms with Crippen LogP contribution in [0.25, 0.3) is 0 Å². The first-order chi connectivity index (χ1) is 7.79. The molecule has 1 unspecified atom stereocenters. The molecule has 0 N–H and O–H groups in total. The molecule has 0 bridgehead atoms. The normalized spacial score (nSPS) is 27.4. The summed E-state index contributed by atoms with van der Waals surface area (Å²) in [5.74, 6) is 0.788. The van der Waals surface area contributed by atoms with Crippen LogP contribution >= 0.6 is 0 Å². The average molecular weight is 215 g/mol. The molecule has 2 aliphatic rings. The van der Waals surface area contributed by atoms with E-state index < -0.39 is 0 Å². The Labute approximate surface area is 96.3 Å². The molecule has 2 atom stereocenters. The number of carbonyl (C=O) groups excluding carboxylic acids is 1. The van der Waals surface area contributed by atoms with Crippen LogP contribution in [0.4, 0.5) is 5.69 Å². The average Bonchev–Trinajstić information content (AvgIpc) is 2.63. The van der Waals surface area contributed by atoms with E-state index in [1.54, 1.807) is 6.92 Å². The summed E-state index contributed by atoms with van der Waals surface area (Å²) in [6.45, 7) is 1.69. The second-order valence-corrected chi connectivity index (χ2v) is 4.91. The molecule has 1 aliphatic carbocycles. The van der Waals surface area contributed by atoms with Gasteiger partial charge in [-0.15, -0.1) is 0 Å². The minimum atomic E-state index is 0.196. The highest BCUT2D eigenvalue weighted by molar-refractivity contribution is 5.95. The second-order valence-electron chi connectivity index (χ2n) is 4.91. The van der Waals surface area contributed by atoms with Gasteiger partial charge in [0.2, 0.25) is 5.91 Å². The van der Waals surface area contributed by atoms with Crippen LogP contribution in [0.3, 0.4) is 0 Å². The van der Waals surface area contributed by atoms with Crippen LogP contribution in [-0.4, -0.2) is 11.9 Å². The molecule has 0 saturated heterocycles. The minimum Gasteiger partial charge on any atom is -0.309 e. The predicted molar refractivity (Wildman–Crippen MR) is 64.6 cm³/mol. The molecular weight excluding hydrogens is 198 g/mol. The van der Waals surface area contributed by atoms with Gasteiger partial charge in [-0.3, -0.25) is 4.79 Å². The summed E-state index contributed by atoms with van der Waals surface area (Å²) in [6, 6.07) is 8.85. The standard InChI is InChI=1S/C14H17NO/c1-10(16)15-13-8-4-2-6-11(13)12-7-3-5-9-14(12)15/h2,4,6,8,12,14H,3,5,7,9H2,1H3/t12?,14-/m1/s1. The van der Waals surface area contributed by atoms with E-state index in [2.05, 4.69) is 18.2 Å². The van der Waals surface area contributed by atoms with Crippen molar-refractivity contribution in [1.82, 2.24) is 0 Å². The minimum absolute atomic E-state index is 0.196. The van der Waals surface area contributed by atoms with E-state index in [-0.39, 0.29) is 5.91 Å². The number of hydrogen-bond acceptors (Lipinski definition) is 1. The molecule has 1 fully saturated rings. The first kappa shape index (κ1) is 9.88. The SMILES string of the molecule is CC(=O)N1c2ccccc2C2CCCC[C@H]21. The zero-order valence-electron chi connectivity index (χ0n) is 9.65. The van der Waals surface area contributed by atoms with Crippen molar-refractivity contribution in [3.8, 4) is 0 Å². The number of fused-ring (bicyclic) bond motifs is 3. The zero-order valence-corrected chi connectivity index (χ0v) is 9.65. The lowest BCUT2D eigenvalue weighted by molar-refractivity contribution is -0.117. The van der Waals surface area contributed by atoms with Crippen LogP contribution in [0.1, 0.15) is 44.1 Å². The number of benzene rings is 1. The van der Waals surface area contributed by atoms with Gasteiger partial charge in [0.05, 0.1) is 0 Å². The molecule has 1 amide bonds. The Bertz CT molecular complexity index is 426. The number of carbonyl (C=O) groups is 1. The zero-order chi connectivity index (χ0) is 11.1. The summed E-state index contributed by atoms with van der Waals surface area (Å²) < 4.78 is 0.